The topological polar surface area (TPSA) is 73.8 Å². The quantitative estimate of drug-likeness (QED) is 0.319. The van der Waals surface area contributed by atoms with Crippen LogP contribution in [0.25, 0.3) is 16.6 Å². The molecular weight excluding hydrogens is 396 g/mol. The number of fused-ring (bicyclic) bond motifs is 1. The van der Waals surface area contributed by atoms with Crippen molar-refractivity contribution in [2.45, 2.75) is 50.9 Å². The normalized spacial score (nSPS) is 12.6. The minimum Gasteiger partial charge on any atom is -0.338 e. The van der Waals surface area contributed by atoms with Gasteiger partial charge in [0.15, 0.2) is 11.0 Å². The van der Waals surface area contributed by atoms with Gasteiger partial charge in [-0.2, -0.15) is 4.98 Å². The maximum Gasteiger partial charge on any atom is 0.266 e. The van der Waals surface area contributed by atoms with Gasteiger partial charge < -0.3 is 4.52 Å². The first-order chi connectivity index (χ1) is 14.4. The van der Waals surface area contributed by atoms with Crippen LogP contribution in [0.4, 0.5) is 0 Å². The van der Waals surface area contributed by atoms with Crippen LogP contribution in [0.15, 0.2) is 56.9 Å². The zero-order valence-corrected chi connectivity index (χ0v) is 18.5. The molecule has 2 heterocycles. The number of aryl methyl sites for hydroxylation is 1. The first-order valence-corrected chi connectivity index (χ1v) is 10.8. The molecular formula is C23H24N4O2S. The summed E-state index contributed by atoms with van der Waals surface area (Å²) in [5, 5.41) is 5.10. The van der Waals surface area contributed by atoms with Gasteiger partial charge in [0.25, 0.3) is 5.56 Å². The lowest BCUT2D eigenvalue weighted by atomic mass is 10.1. The molecule has 0 aliphatic carbocycles. The van der Waals surface area contributed by atoms with Gasteiger partial charge in [-0.05, 0) is 50.1 Å². The maximum absolute atomic E-state index is 13.5. The summed E-state index contributed by atoms with van der Waals surface area (Å²) in [6.07, 6.45) is 0. The Kier molecular flexibility index (Phi) is 5.47. The standard InChI is InChI=1S/C23H24N4O2S/c1-13(2)20-25-21(29-26-20)16(5)30-23-24-18-11-7-6-10-17(18)22(28)27(23)19-12-8-9-14(3)15(19)4/h6-13,16H,1-5H3/t16-/m0/s1. The van der Waals surface area contributed by atoms with Crippen LogP contribution < -0.4 is 5.56 Å². The summed E-state index contributed by atoms with van der Waals surface area (Å²) in [6, 6.07) is 13.4. The lowest BCUT2D eigenvalue weighted by molar-refractivity contribution is 0.373. The third kappa shape index (κ3) is 3.65. The molecule has 30 heavy (non-hydrogen) atoms. The van der Waals surface area contributed by atoms with Crippen molar-refractivity contribution >= 4 is 22.7 Å². The highest BCUT2D eigenvalue weighted by Crippen LogP contribution is 2.35. The molecule has 0 amide bonds. The Labute approximate surface area is 179 Å². The van der Waals surface area contributed by atoms with E-state index in [1.807, 2.05) is 77.1 Å². The molecule has 0 fully saturated rings. The molecule has 0 bridgehead atoms. The molecule has 0 saturated carbocycles. The van der Waals surface area contributed by atoms with E-state index in [1.165, 1.54) is 11.8 Å². The summed E-state index contributed by atoms with van der Waals surface area (Å²) in [6.45, 7) is 10.1. The summed E-state index contributed by atoms with van der Waals surface area (Å²) < 4.78 is 7.17. The van der Waals surface area contributed by atoms with Crippen LogP contribution in [0.3, 0.4) is 0 Å². The zero-order chi connectivity index (χ0) is 21.4. The van der Waals surface area contributed by atoms with E-state index in [2.05, 4.69) is 10.1 Å². The Hall–Kier alpha value is -2.93. The third-order valence-corrected chi connectivity index (χ3v) is 6.21. The number of thioether (sulfide) groups is 1. The molecule has 7 heteroatoms. The van der Waals surface area contributed by atoms with E-state index in [-0.39, 0.29) is 16.7 Å². The molecule has 4 aromatic rings. The molecule has 0 aliphatic rings. The van der Waals surface area contributed by atoms with Crippen LogP contribution in [0.5, 0.6) is 0 Å². The molecule has 6 nitrogen and oxygen atoms in total. The molecule has 0 spiro atoms. The van der Waals surface area contributed by atoms with Gasteiger partial charge >= 0.3 is 0 Å². The summed E-state index contributed by atoms with van der Waals surface area (Å²) in [4.78, 5) is 22.8. The van der Waals surface area contributed by atoms with E-state index >= 15 is 0 Å². The summed E-state index contributed by atoms with van der Waals surface area (Å²) in [5.41, 5.74) is 3.59. The third-order valence-electron chi connectivity index (χ3n) is 5.17. The number of aromatic nitrogens is 4. The Morgan fingerprint density at radius 2 is 1.77 bits per heavy atom. The van der Waals surface area contributed by atoms with E-state index in [4.69, 9.17) is 9.51 Å². The predicted molar refractivity (Wildman–Crippen MR) is 119 cm³/mol. The van der Waals surface area contributed by atoms with E-state index < -0.39 is 0 Å². The Bertz CT molecular complexity index is 1280. The Balaban J connectivity index is 1.87. The first-order valence-electron chi connectivity index (χ1n) is 9.95. The van der Waals surface area contributed by atoms with Crippen molar-refractivity contribution in [3.8, 4) is 5.69 Å². The van der Waals surface area contributed by atoms with Crippen molar-refractivity contribution in [1.82, 2.24) is 19.7 Å². The molecule has 2 aromatic carbocycles. The molecule has 4 rings (SSSR count). The average Bonchev–Trinajstić information content (AvgIpc) is 3.22. The van der Waals surface area contributed by atoms with Crippen LogP contribution in [-0.4, -0.2) is 19.7 Å². The molecule has 0 saturated heterocycles. The van der Waals surface area contributed by atoms with Gasteiger partial charge in [0.05, 0.1) is 21.8 Å². The van der Waals surface area contributed by atoms with Crippen LogP contribution in [0.1, 0.15) is 54.8 Å². The molecule has 154 valence electrons. The second kappa shape index (κ2) is 8.07. The molecule has 0 radical (unpaired) electrons. The van der Waals surface area contributed by atoms with Crippen molar-refractivity contribution in [2.24, 2.45) is 0 Å². The second-order valence-corrected chi connectivity index (χ2v) is 8.98. The largest absolute Gasteiger partial charge is 0.338 e. The minimum atomic E-state index is -0.158. The van der Waals surface area contributed by atoms with Crippen molar-refractivity contribution in [1.29, 1.82) is 0 Å². The lowest BCUT2D eigenvalue weighted by Gasteiger charge is -2.17. The number of rotatable bonds is 5. The van der Waals surface area contributed by atoms with Crippen molar-refractivity contribution in [3.05, 3.63) is 75.7 Å². The monoisotopic (exact) mass is 420 g/mol. The van der Waals surface area contributed by atoms with Crippen molar-refractivity contribution < 1.29 is 4.52 Å². The van der Waals surface area contributed by atoms with Crippen LogP contribution in [-0.2, 0) is 0 Å². The van der Waals surface area contributed by atoms with Gasteiger partial charge in [0.2, 0.25) is 5.89 Å². The fourth-order valence-electron chi connectivity index (χ4n) is 3.24. The van der Waals surface area contributed by atoms with Crippen LogP contribution in [0.2, 0.25) is 0 Å². The second-order valence-electron chi connectivity index (χ2n) is 7.68. The van der Waals surface area contributed by atoms with Gasteiger partial charge in [-0.15, -0.1) is 0 Å². The van der Waals surface area contributed by atoms with Crippen LogP contribution >= 0.6 is 11.8 Å². The highest BCUT2D eigenvalue weighted by atomic mass is 32.2. The van der Waals surface area contributed by atoms with E-state index in [0.29, 0.717) is 27.8 Å². The van der Waals surface area contributed by atoms with Crippen LogP contribution in [0, 0.1) is 13.8 Å². The first kappa shape index (κ1) is 20.3. The molecule has 0 unspecified atom stereocenters. The van der Waals surface area contributed by atoms with Gasteiger partial charge in [-0.25, -0.2) is 4.98 Å². The molecule has 2 aromatic heterocycles. The number of hydrogen-bond donors (Lipinski definition) is 0. The van der Waals surface area contributed by atoms with Gasteiger partial charge in [0.1, 0.15) is 0 Å². The predicted octanol–water partition coefficient (Wildman–Crippen LogP) is 5.36. The van der Waals surface area contributed by atoms with E-state index in [9.17, 15) is 4.79 Å². The fourth-order valence-corrected chi connectivity index (χ4v) is 4.19. The smallest absolute Gasteiger partial charge is 0.266 e. The summed E-state index contributed by atoms with van der Waals surface area (Å²) >= 11 is 1.44. The Morgan fingerprint density at radius 3 is 2.50 bits per heavy atom. The number of benzene rings is 2. The van der Waals surface area contributed by atoms with Gasteiger partial charge in [-0.1, -0.05) is 55.0 Å². The summed E-state index contributed by atoms with van der Waals surface area (Å²) in [5.74, 6) is 1.39. The van der Waals surface area contributed by atoms with E-state index in [1.54, 1.807) is 4.57 Å². The van der Waals surface area contributed by atoms with Crippen molar-refractivity contribution in [2.75, 3.05) is 0 Å². The zero-order valence-electron chi connectivity index (χ0n) is 17.7. The molecule has 0 N–H and O–H groups in total. The highest BCUT2D eigenvalue weighted by molar-refractivity contribution is 7.99. The average molecular weight is 421 g/mol. The molecule has 0 aliphatic heterocycles. The van der Waals surface area contributed by atoms with Crippen molar-refractivity contribution in [3.63, 3.8) is 0 Å². The number of para-hydroxylation sites is 1. The highest BCUT2D eigenvalue weighted by Gasteiger charge is 2.22. The number of nitrogens with zero attached hydrogens (tertiary/aromatic N) is 4. The maximum atomic E-state index is 13.5. The Morgan fingerprint density at radius 1 is 1.00 bits per heavy atom. The van der Waals surface area contributed by atoms with Gasteiger partial charge in [0, 0.05) is 5.92 Å². The van der Waals surface area contributed by atoms with Gasteiger partial charge in [-0.3, -0.25) is 9.36 Å². The lowest BCUT2D eigenvalue weighted by Crippen LogP contribution is -2.23. The van der Waals surface area contributed by atoms with E-state index in [0.717, 1.165) is 16.8 Å². The minimum absolute atomic E-state index is 0.0857. The fraction of sp³-hybridized carbons (Fsp3) is 0.304. The molecule has 1 atom stereocenters. The summed E-state index contributed by atoms with van der Waals surface area (Å²) in [7, 11) is 0. The SMILES string of the molecule is Cc1cccc(-n2c(S[C@@H](C)c3nc(C(C)C)no3)nc3ccccc3c2=O)c1C. The number of hydrogen-bond acceptors (Lipinski definition) is 6.